The topological polar surface area (TPSA) is 37.8 Å². The molecule has 0 radical (unpaired) electrons. The minimum atomic E-state index is 0.722. The Balaban J connectivity index is 1.73. The van der Waals surface area contributed by atoms with Crippen molar-refractivity contribution in [2.24, 2.45) is 0 Å². The largest absolute Gasteiger partial charge is 0.379 e. The van der Waals surface area contributed by atoms with Crippen LogP contribution in [0.15, 0.2) is 48.0 Å². The van der Waals surface area contributed by atoms with Crippen LogP contribution in [0, 0.1) is 13.8 Å². The van der Waals surface area contributed by atoms with Crippen molar-refractivity contribution in [3.05, 3.63) is 64.2 Å². The standard InChI is InChI=1S/C17H17N3S/c1-12-6-7-16(18-9-12)10-19-15-5-3-4-14(8-15)17-11-21-13(2)20-17/h3-9,11,19H,10H2,1-2H3. The van der Waals surface area contributed by atoms with E-state index in [4.69, 9.17) is 0 Å². The third kappa shape index (κ3) is 3.47. The van der Waals surface area contributed by atoms with Gasteiger partial charge >= 0.3 is 0 Å². The molecule has 0 amide bonds. The Morgan fingerprint density at radius 1 is 1.14 bits per heavy atom. The summed E-state index contributed by atoms with van der Waals surface area (Å²) in [6, 6.07) is 12.5. The molecule has 0 atom stereocenters. The summed E-state index contributed by atoms with van der Waals surface area (Å²) in [4.78, 5) is 8.93. The van der Waals surface area contributed by atoms with Gasteiger partial charge in [-0.15, -0.1) is 11.3 Å². The summed E-state index contributed by atoms with van der Waals surface area (Å²) in [7, 11) is 0. The van der Waals surface area contributed by atoms with E-state index in [1.54, 1.807) is 11.3 Å². The number of pyridine rings is 1. The minimum Gasteiger partial charge on any atom is -0.379 e. The first-order chi connectivity index (χ1) is 10.2. The van der Waals surface area contributed by atoms with E-state index in [1.807, 2.05) is 20.0 Å². The second-order valence-corrected chi connectivity index (χ2v) is 6.08. The van der Waals surface area contributed by atoms with Gasteiger partial charge in [-0.3, -0.25) is 4.98 Å². The molecule has 0 aliphatic heterocycles. The number of hydrogen-bond donors (Lipinski definition) is 1. The molecule has 1 N–H and O–H groups in total. The monoisotopic (exact) mass is 295 g/mol. The van der Waals surface area contributed by atoms with Crippen molar-refractivity contribution in [1.82, 2.24) is 9.97 Å². The van der Waals surface area contributed by atoms with Gasteiger partial charge in [0.15, 0.2) is 0 Å². The van der Waals surface area contributed by atoms with Gasteiger partial charge in [-0.1, -0.05) is 18.2 Å². The lowest BCUT2D eigenvalue weighted by Gasteiger charge is -2.07. The first-order valence-corrected chi connectivity index (χ1v) is 7.77. The second kappa shape index (κ2) is 6.06. The van der Waals surface area contributed by atoms with Crippen LogP contribution in [-0.2, 0) is 6.54 Å². The van der Waals surface area contributed by atoms with Gasteiger partial charge < -0.3 is 5.32 Å². The van der Waals surface area contributed by atoms with E-state index >= 15 is 0 Å². The highest BCUT2D eigenvalue weighted by Crippen LogP contribution is 2.24. The van der Waals surface area contributed by atoms with Crippen molar-refractivity contribution < 1.29 is 0 Å². The van der Waals surface area contributed by atoms with Gasteiger partial charge in [-0.05, 0) is 37.6 Å². The van der Waals surface area contributed by atoms with Crippen LogP contribution in [0.3, 0.4) is 0 Å². The Hall–Kier alpha value is -2.20. The van der Waals surface area contributed by atoms with Crippen LogP contribution < -0.4 is 5.32 Å². The lowest BCUT2D eigenvalue weighted by molar-refractivity contribution is 1.04. The lowest BCUT2D eigenvalue weighted by atomic mass is 10.1. The molecule has 3 nitrogen and oxygen atoms in total. The molecular weight excluding hydrogens is 278 g/mol. The fraction of sp³-hybridized carbons (Fsp3) is 0.176. The maximum Gasteiger partial charge on any atom is 0.0901 e. The zero-order valence-electron chi connectivity index (χ0n) is 12.1. The quantitative estimate of drug-likeness (QED) is 0.773. The van der Waals surface area contributed by atoms with Gasteiger partial charge in [0.1, 0.15) is 0 Å². The van der Waals surface area contributed by atoms with Crippen molar-refractivity contribution in [2.45, 2.75) is 20.4 Å². The highest BCUT2D eigenvalue weighted by molar-refractivity contribution is 7.09. The number of anilines is 1. The number of aryl methyl sites for hydroxylation is 2. The van der Waals surface area contributed by atoms with Gasteiger partial charge in [0, 0.05) is 22.8 Å². The molecule has 0 spiro atoms. The SMILES string of the molecule is Cc1ccc(CNc2cccc(-c3csc(C)n3)c2)nc1. The first-order valence-electron chi connectivity index (χ1n) is 6.89. The van der Waals surface area contributed by atoms with E-state index in [0.29, 0.717) is 0 Å². The van der Waals surface area contributed by atoms with Gasteiger partial charge in [0.2, 0.25) is 0 Å². The summed E-state index contributed by atoms with van der Waals surface area (Å²) in [5, 5.41) is 6.59. The highest BCUT2D eigenvalue weighted by Gasteiger charge is 2.03. The molecule has 0 unspecified atom stereocenters. The van der Waals surface area contributed by atoms with Gasteiger partial charge in [0.05, 0.1) is 22.9 Å². The molecular formula is C17H17N3S. The molecule has 0 saturated heterocycles. The molecule has 2 aromatic heterocycles. The number of nitrogens with zero attached hydrogens (tertiary/aromatic N) is 2. The molecule has 0 saturated carbocycles. The molecule has 0 aliphatic rings. The van der Waals surface area contributed by atoms with E-state index in [-0.39, 0.29) is 0 Å². The van der Waals surface area contributed by atoms with Crippen LogP contribution in [0.2, 0.25) is 0 Å². The Morgan fingerprint density at radius 3 is 2.76 bits per heavy atom. The van der Waals surface area contributed by atoms with E-state index in [0.717, 1.165) is 34.2 Å². The van der Waals surface area contributed by atoms with Crippen LogP contribution in [-0.4, -0.2) is 9.97 Å². The molecule has 2 heterocycles. The summed E-state index contributed by atoms with van der Waals surface area (Å²) in [6.07, 6.45) is 1.89. The second-order valence-electron chi connectivity index (χ2n) is 5.01. The number of rotatable bonds is 4. The zero-order valence-corrected chi connectivity index (χ0v) is 12.9. The maximum atomic E-state index is 4.53. The normalized spacial score (nSPS) is 10.6. The van der Waals surface area contributed by atoms with Crippen LogP contribution in [0.25, 0.3) is 11.3 Å². The number of benzene rings is 1. The third-order valence-electron chi connectivity index (χ3n) is 3.22. The average molecular weight is 295 g/mol. The predicted octanol–water partition coefficient (Wildman–Crippen LogP) is 4.43. The summed E-state index contributed by atoms with van der Waals surface area (Å²) in [5.74, 6) is 0. The Morgan fingerprint density at radius 2 is 2.05 bits per heavy atom. The van der Waals surface area contributed by atoms with Gasteiger partial charge in [-0.2, -0.15) is 0 Å². The third-order valence-corrected chi connectivity index (χ3v) is 4.00. The van der Waals surface area contributed by atoms with Crippen molar-refractivity contribution in [2.75, 3.05) is 5.32 Å². The molecule has 3 aromatic rings. The Kier molecular flexibility index (Phi) is 3.97. The number of nitrogens with one attached hydrogen (secondary N) is 1. The molecule has 21 heavy (non-hydrogen) atoms. The molecule has 4 heteroatoms. The maximum absolute atomic E-state index is 4.53. The fourth-order valence-corrected chi connectivity index (χ4v) is 2.70. The van der Waals surface area contributed by atoms with Gasteiger partial charge in [-0.25, -0.2) is 4.98 Å². The van der Waals surface area contributed by atoms with Crippen molar-refractivity contribution in [3.63, 3.8) is 0 Å². The van der Waals surface area contributed by atoms with Crippen LogP contribution >= 0.6 is 11.3 Å². The molecule has 3 rings (SSSR count). The summed E-state index contributed by atoms with van der Waals surface area (Å²) < 4.78 is 0. The smallest absolute Gasteiger partial charge is 0.0901 e. The molecule has 0 aliphatic carbocycles. The zero-order chi connectivity index (χ0) is 14.7. The van der Waals surface area contributed by atoms with E-state index in [2.05, 4.69) is 57.1 Å². The predicted molar refractivity (Wildman–Crippen MR) is 88.6 cm³/mol. The van der Waals surface area contributed by atoms with E-state index in [9.17, 15) is 0 Å². The molecule has 106 valence electrons. The number of thiazole rings is 1. The van der Waals surface area contributed by atoms with Crippen molar-refractivity contribution in [3.8, 4) is 11.3 Å². The van der Waals surface area contributed by atoms with Gasteiger partial charge in [0.25, 0.3) is 0 Å². The number of hydrogen-bond acceptors (Lipinski definition) is 4. The van der Waals surface area contributed by atoms with Crippen LogP contribution in [0.5, 0.6) is 0 Å². The van der Waals surface area contributed by atoms with Crippen molar-refractivity contribution in [1.29, 1.82) is 0 Å². The lowest BCUT2D eigenvalue weighted by Crippen LogP contribution is -2.01. The highest BCUT2D eigenvalue weighted by atomic mass is 32.1. The summed E-state index contributed by atoms with van der Waals surface area (Å²) in [5.41, 5.74) is 5.48. The Bertz CT molecular complexity index is 732. The number of aromatic nitrogens is 2. The first kappa shape index (κ1) is 13.8. The average Bonchev–Trinajstić information content (AvgIpc) is 2.94. The van der Waals surface area contributed by atoms with Crippen LogP contribution in [0.4, 0.5) is 5.69 Å². The summed E-state index contributed by atoms with van der Waals surface area (Å²) in [6.45, 7) is 4.79. The molecule has 0 fully saturated rings. The van der Waals surface area contributed by atoms with Crippen LogP contribution in [0.1, 0.15) is 16.3 Å². The van der Waals surface area contributed by atoms with E-state index < -0.39 is 0 Å². The fourth-order valence-electron chi connectivity index (χ4n) is 2.08. The van der Waals surface area contributed by atoms with Crippen molar-refractivity contribution >= 4 is 17.0 Å². The minimum absolute atomic E-state index is 0.722. The Labute approximate surface area is 128 Å². The van der Waals surface area contributed by atoms with E-state index in [1.165, 1.54) is 5.56 Å². The summed E-state index contributed by atoms with van der Waals surface area (Å²) >= 11 is 1.68. The molecule has 0 bridgehead atoms. The molecule has 1 aromatic carbocycles.